The summed E-state index contributed by atoms with van der Waals surface area (Å²) < 4.78 is 4.47. The number of amides is 1. The SMILES string of the molecule is COC(=O)CNc1ccccc1C(=N)C(N)=O. The molecule has 0 spiro atoms. The second-order valence-electron chi connectivity index (χ2n) is 3.21. The largest absolute Gasteiger partial charge is 0.468 e. The van der Waals surface area contributed by atoms with Crippen LogP contribution in [-0.2, 0) is 14.3 Å². The second kappa shape index (κ2) is 5.64. The molecule has 1 rings (SSSR count). The molecular weight excluding hydrogens is 222 g/mol. The van der Waals surface area contributed by atoms with Crippen LogP contribution in [0.15, 0.2) is 24.3 Å². The molecule has 0 saturated heterocycles. The molecule has 1 amide bonds. The number of ether oxygens (including phenoxy) is 1. The lowest BCUT2D eigenvalue weighted by atomic mass is 10.1. The van der Waals surface area contributed by atoms with E-state index < -0.39 is 11.9 Å². The first-order valence-electron chi connectivity index (χ1n) is 4.84. The van der Waals surface area contributed by atoms with Crippen LogP contribution in [0, 0.1) is 5.41 Å². The van der Waals surface area contributed by atoms with Crippen molar-refractivity contribution in [2.24, 2.45) is 5.73 Å². The third-order valence-electron chi connectivity index (χ3n) is 2.09. The number of para-hydroxylation sites is 1. The van der Waals surface area contributed by atoms with Crippen molar-refractivity contribution >= 4 is 23.3 Å². The van der Waals surface area contributed by atoms with Gasteiger partial charge in [-0.15, -0.1) is 0 Å². The maximum Gasteiger partial charge on any atom is 0.325 e. The Morgan fingerprint density at radius 2 is 2.06 bits per heavy atom. The van der Waals surface area contributed by atoms with Crippen LogP contribution in [0.3, 0.4) is 0 Å². The molecule has 1 aromatic carbocycles. The number of carbonyl (C=O) groups excluding carboxylic acids is 2. The average molecular weight is 235 g/mol. The van der Waals surface area contributed by atoms with Crippen molar-refractivity contribution in [1.82, 2.24) is 0 Å². The maximum absolute atomic E-state index is 11.0. The Morgan fingerprint density at radius 1 is 1.41 bits per heavy atom. The van der Waals surface area contributed by atoms with E-state index in [2.05, 4.69) is 10.1 Å². The molecule has 0 aliphatic rings. The predicted octanol–water partition coefficient (Wildman–Crippen LogP) is 0.125. The van der Waals surface area contributed by atoms with Crippen LogP contribution < -0.4 is 11.1 Å². The third kappa shape index (κ3) is 3.30. The Balaban J connectivity index is 2.88. The van der Waals surface area contributed by atoms with Gasteiger partial charge >= 0.3 is 5.97 Å². The van der Waals surface area contributed by atoms with E-state index in [1.54, 1.807) is 24.3 Å². The molecule has 17 heavy (non-hydrogen) atoms. The maximum atomic E-state index is 11.0. The number of hydrogen-bond donors (Lipinski definition) is 3. The minimum absolute atomic E-state index is 0.0421. The fourth-order valence-corrected chi connectivity index (χ4v) is 1.23. The van der Waals surface area contributed by atoms with Gasteiger partial charge in [-0.25, -0.2) is 0 Å². The molecule has 0 atom stereocenters. The molecule has 0 heterocycles. The summed E-state index contributed by atoms with van der Waals surface area (Å²) in [6.07, 6.45) is 0. The number of carbonyl (C=O) groups is 2. The van der Waals surface area contributed by atoms with Crippen LogP contribution in [0.5, 0.6) is 0 Å². The minimum Gasteiger partial charge on any atom is -0.468 e. The van der Waals surface area contributed by atoms with E-state index in [1.165, 1.54) is 7.11 Å². The molecule has 6 heteroatoms. The number of primary amides is 1. The van der Waals surface area contributed by atoms with E-state index in [9.17, 15) is 9.59 Å². The van der Waals surface area contributed by atoms with E-state index in [0.717, 1.165) is 0 Å². The first-order valence-corrected chi connectivity index (χ1v) is 4.84. The number of anilines is 1. The lowest BCUT2D eigenvalue weighted by Crippen LogP contribution is -2.25. The lowest BCUT2D eigenvalue weighted by Gasteiger charge is -2.10. The van der Waals surface area contributed by atoms with E-state index >= 15 is 0 Å². The highest BCUT2D eigenvalue weighted by atomic mass is 16.5. The summed E-state index contributed by atoms with van der Waals surface area (Å²) in [6.45, 7) is -0.0421. The molecule has 90 valence electrons. The first kappa shape index (κ1) is 12.7. The average Bonchev–Trinajstić information content (AvgIpc) is 2.35. The first-order chi connectivity index (χ1) is 8.06. The summed E-state index contributed by atoms with van der Waals surface area (Å²) in [5, 5.41) is 10.3. The summed E-state index contributed by atoms with van der Waals surface area (Å²) >= 11 is 0. The van der Waals surface area contributed by atoms with Crippen LogP contribution in [-0.4, -0.2) is 31.2 Å². The zero-order valence-corrected chi connectivity index (χ0v) is 9.32. The van der Waals surface area contributed by atoms with Crippen molar-refractivity contribution < 1.29 is 14.3 Å². The summed E-state index contributed by atoms with van der Waals surface area (Å²) in [5.41, 5.74) is 5.57. The second-order valence-corrected chi connectivity index (χ2v) is 3.21. The van der Waals surface area contributed by atoms with Crippen molar-refractivity contribution in [1.29, 1.82) is 5.41 Å². The van der Waals surface area contributed by atoms with E-state index in [-0.39, 0.29) is 12.3 Å². The van der Waals surface area contributed by atoms with Gasteiger partial charge in [0.05, 0.1) is 7.11 Å². The fourth-order valence-electron chi connectivity index (χ4n) is 1.23. The smallest absolute Gasteiger partial charge is 0.325 e. The Hall–Kier alpha value is -2.37. The highest BCUT2D eigenvalue weighted by Gasteiger charge is 2.12. The molecule has 0 aliphatic carbocycles. The van der Waals surface area contributed by atoms with E-state index in [1.807, 2.05) is 0 Å². The van der Waals surface area contributed by atoms with E-state index in [4.69, 9.17) is 11.1 Å². The quantitative estimate of drug-likeness (QED) is 0.498. The van der Waals surface area contributed by atoms with Gasteiger partial charge in [0.1, 0.15) is 12.3 Å². The van der Waals surface area contributed by atoms with Gasteiger partial charge in [-0.2, -0.15) is 0 Å². The van der Waals surface area contributed by atoms with Gasteiger partial charge < -0.3 is 15.8 Å². The van der Waals surface area contributed by atoms with Gasteiger partial charge in [-0.05, 0) is 6.07 Å². The Kier molecular flexibility index (Phi) is 4.21. The van der Waals surface area contributed by atoms with Crippen LogP contribution >= 0.6 is 0 Å². The van der Waals surface area contributed by atoms with Gasteiger partial charge in [-0.1, -0.05) is 18.2 Å². The monoisotopic (exact) mass is 235 g/mol. The van der Waals surface area contributed by atoms with E-state index in [0.29, 0.717) is 11.3 Å². The Bertz CT molecular complexity index is 457. The fraction of sp³-hybridized carbons (Fsp3) is 0.182. The molecule has 6 nitrogen and oxygen atoms in total. The van der Waals surface area contributed by atoms with Gasteiger partial charge in [0.15, 0.2) is 0 Å². The zero-order chi connectivity index (χ0) is 12.8. The minimum atomic E-state index is -0.822. The predicted molar refractivity (Wildman–Crippen MR) is 63.0 cm³/mol. The highest BCUT2D eigenvalue weighted by Crippen LogP contribution is 2.15. The molecule has 0 fully saturated rings. The van der Waals surface area contributed by atoms with Crippen molar-refractivity contribution in [3.8, 4) is 0 Å². The number of hydrogen-bond acceptors (Lipinski definition) is 5. The molecule has 0 radical (unpaired) electrons. The van der Waals surface area contributed by atoms with Crippen molar-refractivity contribution in [2.75, 3.05) is 19.0 Å². The normalized spacial score (nSPS) is 9.47. The molecule has 0 aliphatic heterocycles. The van der Waals surface area contributed by atoms with Crippen molar-refractivity contribution in [2.45, 2.75) is 0 Å². The number of rotatable bonds is 5. The third-order valence-corrected chi connectivity index (χ3v) is 2.09. The molecule has 0 bridgehead atoms. The zero-order valence-electron chi connectivity index (χ0n) is 9.32. The molecule has 0 saturated carbocycles. The number of nitrogens with one attached hydrogen (secondary N) is 2. The van der Waals surface area contributed by atoms with Crippen LogP contribution in [0.2, 0.25) is 0 Å². The van der Waals surface area contributed by atoms with Crippen LogP contribution in [0.1, 0.15) is 5.56 Å². The number of esters is 1. The molecule has 1 aromatic rings. The number of benzene rings is 1. The van der Waals surface area contributed by atoms with Gasteiger partial charge in [0.2, 0.25) is 0 Å². The van der Waals surface area contributed by atoms with Gasteiger partial charge in [0, 0.05) is 11.3 Å². The summed E-state index contributed by atoms with van der Waals surface area (Å²) in [7, 11) is 1.28. The van der Waals surface area contributed by atoms with Gasteiger partial charge in [-0.3, -0.25) is 15.0 Å². The summed E-state index contributed by atoms with van der Waals surface area (Å²) in [6, 6.07) is 6.62. The molecule has 0 aromatic heterocycles. The van der Waals surface area contributed by atoms with Crippen LogP contribution in [0.25, 0.3) is 0 Å². The molecule has 0 unspecified atom stereocenters. The summed E-state index contributed by atoms with van der Waals surface area (Å²) in [4.78, 5) is 21.9. The van der Waals surface area contributed by atoms with Crippen molar-refractivity contribution in [3.63, 3.8) is 0 Å². The number of nitrogens with two attached hydrogens (primary N) is 1. The summed E-state index contributed by atoms with van der Waals surface area (Å²) in [5.74, 6) is -1.26. The van der Waals surface area contributed by atoms with Crippen molar-refractivity contribution in [3.05, 3.63) is 29.8 Å². The standard InChI is InChI=1S/C11H13N3O3/c1-17-9(15)6-14-8-5-3-2-4-7(8)10(12)11(13)16/h2-5,12,14H,6H2,1H3,(H2,13,16). The van der Waals surface area contributed by atoms with Gasteiger partial charge in [0.25, 0.3) is 5.91 Å². The Labute approximate surface area is 98.3 Å². The highest BCUT2D eigenvalue weighted by molar-refractivity contribution is 6.44. The Morgan fingerprint density at radius 3 is 2.65 bits per heavy atom. The topological polar surface area (TPSA) is 105 Å². The van der Waals surface area contributed by atoms with Crippen LogP contribution in [0.4, 0.5) is 5.69 Å². The molecular formula is C11H13N3O3. The lowest BCUT2D eigenvalue weighted by molar-refractivity contribution is -0.138. The molecule has 4 N–H and O–H groups in total. The number of methoxy groups -OCH3 is 1.